The van der Waals surface area contributed by atoms with Crippen LogP contribution in [0.4, 0.5) is 0 Å². The molecule has 0 fully saturated rings. The summed E-state index contributed by atoms with van der Waals surface area (Å²) >= 11 is 0. The zero-order valence-electron chi connectivity index (χ0n) is 10.5. The molecule has 0 aliphatic rings. The molecule has 0 aliphatic carbocycles. The van der Waals surface area contributed by atoms with Gasteiger partial charge in [-0.3, -0.25) is 0 Å². The van der Waals surface area contributed by atoms with E-state index in [1.165, 1.54) is 5.56 Å². The molecule has 1 heteroatoms. The van der Waals surface area contributed by atoms with Crippen LogP contribution in [-0.4, -0.2) is 0 Å². The topological polar surface area (TPSA) is 12.0 Å². The van der Waals surface area contributed by atoms with Gasteiger partial charge in [-0.2, -0.15) is 0 Å². The van der Waals surface area contributed by atoms with Crippen LogP contribution in [0, 0.1) is 0 Å². The smallest absolute Gasteiger partial charge is 0.0513 e. The Kier molecular flexibility index (Phi) is 3.29. The molecule has 2 aromatic rings. The minimum absolute atomic E-state index is 0.704. The van der Waals surface area contributed by atoms with E-state index >= 15 is 0 Å². The first-order valence-corrected chi connectivity index (χ1v) is 5.53. The van der Waals surface area contributed by atoms with Crippen LogP contribution in [0.5, 0.6) is 0 Å². The lowest BCUT2D eigenvalue weighted by Crippen LogP contribution is -2.17. The number of benzene rings is 2. The lowest BCUT2D eigenvalue weighted by atomic mass is 10.1. The molecule has 82 valence electrons. The van der Waals surface area contributed by atoms with Crippen molar-refractivity contribution in [2.75, 3.05) is 0 Å². The molecule has 1 N–H and O–H groups in total. The summed E-state index contributed by atoms with van der Waals surface area (Å²) in [7, 11) is 0. The number of rotatable bonds is 4. The van der Waals surface area contributed by atoms with Crippen LogP contribution < -0.4 is 5.32 Å². The predicted molar refractivity (Wildman–Crippen MR) is 68.1 cm³/mol. The molecule has 0 spiro atoms. The van der Waals surface area contributed by atoms with Gasteiger partial charge in [0.05, 0.1) is 1.37 Å². The van der Waals surface area contributed by atoms with Crippen LogP contribution >= 0.6 is 0 Å². The van der Waals surface area contributed by atoms with Crippen molar-refractivity contribution in [1.29, 1.82) is 0 Å². The van der Waals surface area contributed by atoms with Crippen molar-refractivity contribution in [2.24, 2.45) is 0 Å². The summed E-state index contributed by atoms with van der Waals surface area (Å²) in [6.45, 7) is 2.58. The predicted octanol–water partition coefficient (Wildman–Crippen LogP) is 3.54. The molecule has 0 radical (unpaired) electrons. The van der Waals surface area contributed by atoms with Crippen LogP contribution in [0.3, 0.4) is 0 Å². The van der Waals surface area contributed by atoms with Gasteiger partial charge >= 0.3 is 0 Å². The quantitative estimate of drug-likeness (QED) is 0.817. The van der Waals surface area contributed by atoms with Gasteiger partial charge in [-0.05, 0) is 18.1 Å². The molecular formula is C15H17N. The zero-order valence-corrected chi connectivity index (χ0v) is 9.48. The number of hydrogen-bond acceptors (Lipinski definition) is 1. The normalized spacial score (nSPS) is 15.2. The Morgan fingerprint density at radius 3 is 2.19 bits per heavy atom. The third kappa shape index (κ3) is 2.94. The third-order valence-electron chi connectivity index (χ3n) is 2.61. The van der Waals surface area contributed by atoms with Crippen molar-refractivity contribution < 1.29 is 1.37 Å². The standard InChI is InChI=1S/C15H17N/c1-13(15-10-6-3-7-11-15)16-12-14-8-4-2-5-9-14/h2-11,13,16H,12H2,1H3/i13D. The van der Waals surface area contributed by atoms with Gasteiger partial charge in [-0.15, -0.1) is 0 Å². The molecule has 0 saturated carbocycles. The first kappa shape index (κ1) is 9.61. The van der Waals surface area contributed by atoms with Gasteiger partial charge in [-0.25, -0.2) is 0 Å². The van der Waals surface area contributed by atoms with E-state index in [1.807, 2.05) is 55.5 Å². The van der Waals surface area contributed by atoms with Crippen LogP contribution in [0.1, 0.15) is 25.4 Å². The molecule has 0 aromatic heterocycles. The van der Waals surface area contributed by atoms with Gasteiger partial charge in [0, 0.05) is 12.6 Å². The minimum Gasteiger partial charge on any atom is -0.306 e. The van der Waals surface area contributed by atoms with Crippen molar-refractivity contribution in [3.05, 3.63) is 71.8 Å². The number of hydrogen-bond donors (Lipinski definition) is 1. The first-order chi connectivity index (χ1) is 8.18. The second kappa shape index (κ2) is 5.47. The van der Waals surface area contributed by atoms with E-state index in [1.54, 1.807) is 0 Å². The zero-order chi connectivity index (χ0) is 12.1. The van der Waals surface area contributed by atoms with Crippen molar-refractivity contribution in [2.45, 2.75) is 19.5 Å². The lowest BCUT2D eigenvalue weighted by molar-refractivity contribution is 0.575. The maximum Gasteiger partial charge on any atom is 0.0513 e. The largest absolute Gasteiger partial charge is 0.306 e. The Hall–Kier alpha value is -1.60. The summed E-state index contributed by atoms with van der Waals surface area (Å²) in [4.78, 5) is 0. The van der Waals surface area contributed by atoms with E-state index in [0.717, 1.165) is 5.56 Å². The highest BCUT2D eigenvalue weighted by Gasteiger charge is 2.02. The van der Waals surface area contributed by atoms with Gasteiger partial charge in [0.25, 0.3) is 0 Å². The highest BCUT2D eigenvalue weighted by Crippen LogP contribution is 2.11. The molecule has 2 rings (SSSR count). The molecule has 2 aromatic carbocycles. The molecule has 0 bridgehead atoms. The first-order valence-electron chi connectivity index (χ1n) is 6.03. The fourth-order valence-corrected chi connectivity index (χ4v) is 1.62. The molecular weight excluding hydrogens is 194 g/mol. The van der Waals surface area contributed by atoms with Crippen LogP contribution in [0.25, 0.3) is 0 Å². The second-order valence-corrected chi connectivity index (χ2v) is 3.83. The molecule has 1 unspecified atom stereocenters. The molecule has 16 heavy (non-hydrogen) atoms. The Labute approximate surface area is 98.5 Å². The lowest BCUT2D eigenvalue weighted by Gasteiger charge is -2.14. The fourth-order valence-electron chi connectivity index (χ4n) is 1.62. The minimum atomic E-state index is -0.753. The van der Waals surface area contributed by atoms with Crippen LogP contribution in [0.15, 0.2) is 60.7 Å². The monoisotopic (exact) mass is 212 g/mol. The Morgan fingerprint density at radius 2 is 1.56 bits per heavy atom. The maximum atomic E-state index is 8.31. The van der Waals surface area contributed by atoms with E-state index in [4.69, 9.17) is 1.37 Å². The van der Waals surface area contributed by atoms with Crippen LogP contribution in [0.2, 0.25) is 0 Å². The van der Waals surface area contributed by atoms with E-state index < -0.39 is 6.02 Å². The van der Waals surface area contributed by atoms with Gasteiger partial charge in [0.1, 0.15) is 0 Å². The maximum absolute atomic E-state index is 8.31. The van der Waals surface area contributed by atoms with Crippen molar-refractivity contribution in [3.8, 4) is 0 Å². The molecule has 0 heterocycles. The number of nitrogens with one attached hydrogen (secondary N) is 1. The molecule has 0 saturated heterocycles. The van der Waals surface area contributed by atoms with Crippen LogP contribution in [-0.2, 0) is 6.54 Å². The van der Waals surface area contributed by atoms with E-state index in [0.29, 0.717) is 6.54 Å². The fraction of sp³-hybridized carbons (Fsp3) is 0.200. The molecule has 1 atom stereocenters. The summed E-state index contributed by atoms with van der Waals surface area (Å²) in [6.07, 6.45) is 0. The Bertz CT molecular complexity index is 451. The van der Waals surface area contributed by atoms with E-state index in [9.17, 15) is 0 Å². The summed E-state index contributed by atoms with van der Waals surface area (Å²) in [5.41, 5.74) is 2.18. The van der Waals surface area contributed by atoms with Crippen molar-refractivity contribution >= 4 is 0 Å². The average molecular weight is 212 g/mol. The van der Waals surface area contributed by atoms with Crippen molar-refractivity contribution in [1.82, 2.24) is 5.32 Å². The SMILES string of the molecule is [2H]C(C)(NCc1ccccc1)c1ccccc1. The van der Waals surface area contributed by atoms with Gasteiger partial charge in [-0.1, -0.05) is 60.7 Å². The Morgan fingerprint density at radius 1 is 1.00 bits per heavy atom. The third-order valence-corrected chi connectivity index (χ3v) is 2.61. The summed E-state index contributed by atoms with van der Waals surface area (Å²) in [6, 6.07) is 19.3. The summed E-state index contributed by atoms with van der Waals surface area (Å²) < 4.78 is 8.31. The van der Waals surface area contributed by atoms with E-state index in [-0.39, 0.29) is 0 Å². The van der Waals surface area contributed by atoms with Crippen molar-refractivity contribution in [3.63, 3.8) is 0 Å². The van der Waals surface area contributed by atoms with E-state index in [2.05, 4.69) is 17.4 Å². The molecule has 0 amide bonds. The van der Waals surface area contributed by atoms with Gasteiger partial charge in [0.15, 0.2) is 0 Å². The molecule has 0 aliphatic heterocycles. The summed E-state index contributed by atoms with van der Waals surface area (Å²) in [5.74, 6) is 0. The highest BCUT2D eigenvalue weighted by molar-refractivity contribution is 5.19. The Balaban J connectivity index is 2.03. The summed E-state index contributed by atoms with van der Waals surface area (Å²) in [5, 5.41) is 3.26. The second-order valence-electron chi connectivity index (χ2n) is 3.83. The highest BCUT2D eigenvalue weighted by atomic mass is 14.9. The molecule has 1 nitrogen and oxygen atoms in total. The van der Waals surface area contributed by atoms with Gasteiger partial charge in [0.2, 0.25) is 0 Å². The van der Waals surface area contributed by atoms with Gasteiger partial charge < -0.3 is 5.32 Å². The average Bonchev–Trinajstić information content (AvgIpc) is 2.39.